The van der Waals surface area contributed by atoms with Crippen molar-refractivity contribution in [3.05, 3.63) is 29.3 Å². The third kappa shape index (κ3) is 3.01. The Hall–Kier alpha value is -1.45. The number of benzene rings is 1. The smallest absolute Gasteiger partial charge is 0.309 e. The second-order valence-corrected chi connectivity index (χ2v) is 3.25. The first kappa shape index (κ1) is 11.6. The molecule has 0 aromatic heterocycles. The molecule has 0 radical (unpaired) electrons. The molecule has 0 fully saturated rings. The monoisotopic (exact) mass is 206 g/mol. The Labute approximate surface area is 90.8 Å². The van der Waals surface area contributed by atoms with Gasteiger partial charge in [-0.2, -0.15) is 0 Å². The summed E-state index contributed by atoms with van der Waals surface area (Å²) in [4.78, 5) is 11.1. The molecule has 0 aliphatic rings. The number of hydrogen-bond donors (Lipinski definition) is 0. The zero-order valence-electron chi connectivity index (χ0n) is 9.37. The van der Waals surface area contributed by atoms with E-state index in [1.54, 1.807) is 7.11 Å². The maximum Gasteiger partial charge on any atom is 0.309 e. The Bertz CT molecular complexity index is 350. The SMILES string of the molecule is BCc1ccc(CC(=O)OC)cc1OC. The van der Waals surface area contributed by atoms with Gasteiger partial charge in [0.1, 0.15) is 13.6 Å². The van der Waals surface area contributed by atoms with Crippen LogP contribution in [0, 0.1) is 0 Å². The van der Waals surface area contributed by atoms with Crippen LogP contribution in [0.2, 0.25) is 0 Å². The van der Waals surface area contributed by atoms with Crippen molar-refractivity contribution in [1.82, 2.24) is 0 Å². The van der Waals surface area contributed by atoms with Crippen LogP contribution in [-0.4, -0.2) is 28.0 Å². The third-order valence-corrected chi connectivity index (χ3v) is 2.31. The van der Waals surface area contributed by atoms with Gasteiger partial charge in [-0.3, -0.25) is 4.79 Å². The number of carbonyl (C=O) groups is 1. The molecule has 1 aromatic carbocycles. The summed E-state index contributed by atoms with van der Waals surface area (Å²) in [6.45, 7) is 0. The first-order valence-corrected chi connectivity index (χ1v) is 4.93. The first-order valence-electron chi connectivity index (χ1n) is 4.93. The number of esters is 1. The second kappa shape index (κ2) is 5.44. The summed E-state index contributed by atoms with van der Waals surface area (Å²) >= 11 is 0. The standard InChI is InChI=1S/C11H15BO3/c1-14-10-5-8(6-11(13)15-2)3-4-9(10)7-12/h3-5H,6-7,12H2,1-2H3. The number of hydrogen-bond acceptors (Lipinski definition) is 3. The highest BCUT2D eigenvalue weighted by Gasteiger charge is 2.06. The van der Waals surface area contributed by atoms with E-state index in [9.17, 15) is 4.79 Å². The molecule has 0 atom stereocenters. The molecule has 0 heterocycles. The molecule has 0 aliphatic carbocycles. The quantitative estimate of drug-likeness (QED) is 0.532. The highest BCUT2D eigenvalue weighted by atomic mass is 16.5. The van der Waals surface area contributed by atoms with Gasteiger partial charge in [0.05, 0.1) is 20.6 Å². The predicted octanol–water partition coefficient (Wildman–Crippen LogP) is 0.544. The first-order chi connectivity index (χ1) is 7.21. The molecule has 0 aliphatic heterocycles. The largest absolute Gasteiger partial charge is 0.496 e. The van der Waals surface area contributed by atoms with Crippen LogP contribution in [0.15, 0.2) is 18.2 Å². The summed E-state index contributed by atoms with van der Waals surface area (Å²) in [5.41, 5.74) is 2.06. The fraction of sp³-hybridized carbons (Fsp3) is 0.364. The topological polar surface area (TPSA) is 35.5 Å². The van der Waals surface area contributed by atoms with Gasteiger partial charge in [-0.05, 0) is 17.2 Å². The van der Waals surface area contributed by atoms with Gasteiger partial charge in [-0.1, -0.05) is 18.5 Å². The van der Waals surface area contributed by atoms with E-state index in [4.69, 9.17) is 4.74 Å². The second-order valence-electron chi connectivity index (χ2n) is 3.25. The van der Waals surface area contributed by atoms with Crippen molar-refractivity contribution in [2.24, 2.45) is 0 Å². The molecule has 0 bridgehead atoms. The summed E-state index contributed by atoms with van der Waals surface area (Å²) in [6.07, 6.45) is 1.21. The van der Waals surface area contributed by atoms with E-state index in [-0.39, 0.29) is 12.4 Å². The molecule has 4 heteroatoms. The van der Waals surface area contributed by atoms with Crippen LogP contribution < -0.4 is 4.74 Å². The van der Waals surface area contributed by atoms with Crippen molar-refractivity contribution in [3.8, 4) is 5.75 Å². The van der Waals surface area contributed by atoms with Gasteiger partial charge < -0.3 is 9.47 Å². The molecule has 0 saturated heterocycles. The van der Waals surface area contributed by atoms with E-state index in [1.807, 2.05) is 18.2 Å². The van der Waals surface area contributed by atoms with Crippen molar-refractivity contribution < 1.29 is 14.3 Å². The van der Waals surface area contributed by atoms with Gasteiger partial charge >= 0.3 is 5.97 Å². The maximum atomic E-state index is 11.1. The lowest BCUT2D eigenvalue weighted by molar-refractivity contribution is -0.139. The Balaban J connectivity index is 2.88. The summed E-state index contributed by atoms with van der Waals surface area (Å²) in [5, 5.41) is 0. The zero-order chi connectivity index (χ0) is 11.3. The van der Waals surface area contributed by atoms with Crippen LogP contribution in [0.4, 0.5) is 0 Å². The molecule has 80 valence electrons. The van der Waals surface area contributed by atoms with Crippen molar-refractivity contribution in [2.75, 3.05) is 14.2 Å². The molecular weight excluding hydrogens is 191 g/mol. The Kier molecular flexibility index (Phi) is 4.22. The van der Waals surface area contributed by atoms with E-state index < -0.39 is 0 Å². The predicted molar refractivity (Wildman–Crippen MR) is 61.0 cm³/mol. The highest BCUT2D eigenvalue weighted by molar-refractivity contribution is 6.08. The van der Waals surface area contributed by atoms with Crippen molar-refractivity contribution in [2.45, 2.75) is 12.7 Å². The summed E-state index contributed by atoms with van der Waals surface area (Å²) in [5.74, 6) is 0.597. The van der Waals surface area contributed by atoms with Gasteiger partial charge in [0.25, 0.3) is 0 Å². The van der Waals surface area contributed by atoms with Gasteiger partial charge in [-0.15, -0.1) is 0 Å². The molecule has 1 rings (SSSR count). The van der Waals surface area contributed by atoms with E-state index in [0.717, 1.165) is 23.2 Å². The van der Waals surface area contributed by atoms with E-state index in [2.05, 4.69) is 12.6 Å². The summed E-state index contributed by atoms with van der Waals surface area (Å²) in [6, 6.07) is 5.80. The van der Waals surface area contributed by atoms with E-state index in [0.29, 0.717) is 0 Å². The Morgan fingerprint density at radius 1 is 1.40 bits per heavy atom. The van der Waals surface area contributed by atoms with Crippen molar-refractivity contribution in [3.63, 3.8) is 0 Å². The van der Waals surface area contributed by atoms with Crippen LogP contribution in [0.25, 0.3) is 0 Å². The molecular formula is C11H15BO3. The average Bonchev–Trinajstić information content (AvgIpc) is 2.28. The molecule has 3 nitrogen and oxygen atoms in total. The van der Waals surface area contributed by atoms with Gasteiger partial charge in [0.2, 0.25) is 0 Å². The van der Waals surface area contributed by atoms with Crippen molar-refractivity contribution >= 4 is 13.8 Å². The third-order valence-electron chi connectivity index (χ3n) is 2.31. The highest BCUT2D eigenvalue weighted by Crippen LogP contribution is 2.20. The van der Waals surface area contributed by atoms with Gasteiger partial charge in [0.15, 0.2) is 0 Å². The molecule has 1 aromatic rings. The Morgan fingerprint density at radius 3 is 2.67 bits per heavy atom. The fourth-order valence-corrected chi connectivity index (χ4v) is 1.43. The Morgan fingerprint density at radius 2 is 2.13 bits per heavy atom. The molecule has 0 saturated carbocycles. The van der Waals surface area contributed by atoms with Gasteiger partial charge in [0, 0.05) is 0 Å². The lowest BCUT2D eigenvalue weighted by Gasteiger charge is -2.08. The number of carbonyl (C=O) groups excluding carboxylic acids is 1. The van der Waals surface area contributed by atoms with Gasteiger partial charge in [-0.25, -0.2) is 0 Å². The molecule has 0 N–H and O–H groups in total. The molecule has 0 spiro atoms. The number of rotatable bonds is 4. The van der Waals surface area contributed by atoms with E-state index >= 15 is 0 Å². The van der Waals surface area contributed by atoms with Crippen molar-refractivity contribution in [1.29, 1.82) is 0 Å². The lowest BCUT2D eigenvalue weighted by atomic mass is 9.95. The van der Waals surface area contributed by atoms with Crippen LogP contribution in [-0.2, 0) is 22.3 Å². The molecule has 15 heavy (non-hydrogen) atoms. The summed E-state index contributed by atoms with van der Waals surface area (Å²) in [7, 11) is 5.09. The molecule has 0 amide bonds. The van der Waals surface area contributed by atoms with Crippen LogP contribution in [0.1, 0.15) is 11.1 Å². The van der Waals surface area contributed by atoms with Crippen LogP contribution in [0.5, 0.6) is 5.75 Å². The normalized spacial score (nSPS) is 9.73. The lowest BCUT2D eigenvalue weighted by Crippen LogP contribution is -2.05. The van der Waals surface area contributed by atoms with Crippen LogP contribution >= 0.6 is 0 Å². The summed E-state index contributed by atoms with van der Waals surface area (Å²) < 4.78 is 9.84. The maximum absolute atomic E-state index is 11.1. The molecule has 0 unspecified atom stereocenters. The minimum Gasteiger partial charge on any atom is -0.496 e. The minimum atomic E-state index is -0.235. The van der Waals surface area contributed by atoms with E-state index in [1.165, 1.54) is 7.11 Å². The number of methoxy groups -OCH3 is 2. The zero-order valence-corrected chi connectivity index (χ0v) is 9.37. The minimum absolute atomic E-state index is 0.235. The fourth-order valence-electron chi connectivity index (χ4n) is 1.43. The average molecular weight is 206 g/mol. The van der Waals surface area contributed by atoms with Crippen LogP contribution in [0.3, 0.4) is 0 Å². The number of ether oxygens (including phenoxy) is 2.